The Balaban J connectivity index is 5.21. The Hall–Kier alpha value is 4.49. The van der Waals surface area contributed by atoms with Crippen LogP contribution in [0, 0.1) is 16.2 Å². The minimum absolute atomic E-state index is 0.0465. The molecular formula is C15H27I6O4P. The number of halogens is 6. The van der Waals surface area contributed by atoms with Gasteiger partial charge in [0.1, 0.15) is 0 Å². The van der Waals surface area contributed by atoms with Crippen LogP contribution in [0.4, 0.5) is 0 Å². The summed E-state index contributed by atoms with van der Waals surface area (Å²) in [5.41, 5.74) is -0.139. The van der Waals surface area contributed by atoms with Gasteiger partial charge in [0, 0.05) is 42.8 Å². The van der Waals surface area contributed by atoms with Gasteiger partial charge in [-0.15, -0.1) is 0 Å². The average molecular weight is 1060 g/mol. The molecule has 0 saturated carbocycles. The molecule has 0 aromatic rings. The Morgan fingerprint density at radius 2 is 0.769 bits per heavy atom. The predicted octanol–water partition coefficient (Wildman–Crippen LogP) is 7.77. The van der Waals surface area contributed by atoms with Gasteiger partial charge in [-0.2, -0.15) is 0 Å². The van der Waals surface area contributed by atoms with Crippen molar-refractivity contribution in [2.75, 3.05) is 46.4 Å². The van der Waals surface area contributed by atoms with Crippen LogP contribution >= 0.6 is 143 Å². The molecule has 0 N–H and O–H groups in total. The van der Waals surface area contributed by atoms with Gasteiger partial charge in [-0.1, -0.05) is 156 Å². The van der Waals surface area contributed by atoms with Gasteiger partial charge >= 0.3 is 7.82 Å². The molecule has 0 bridgehead atoms. The zero-order valence-electron chi connectivity index (χ0n) is 15.2. The van der Waals surface area contributed by atoms with Gasteiger partial charge in [0.15, 0.2) is 0 Å². The van der Waals surface area contributed by atoms with E-state index in [9.17, 15) is 4.57 Å². The average Bonchev–Trinajstić information content (AvgIpc) is 2.68. The van der Waals surface area contributed by atoms with E-state index in [4.69, 9.17) is 13.6 Å². The summed E-state index contributed by atoms with van der Waals surface area (Å²) in [4.78, 5) is 0. The fourth-order valence-corrected chi connectivity index (χ4v) is 8.82. The highest BCUT2D eigenvalue weighted by molar-refractivity contribution is 14.1. The molecule has 4 nitrogen and oxygen atoms in total. The largest absolute Gasteiger partial charge is 0.474 e. The first kappa shape index (κ1) is 30.5. The lowest BCUT2D eigenvalue weighted by atomic mass is 9.99. The molecule has 0 aliphatic heterocycles. The van der Waals surface area contributed by atoms with Crippen molar-refractivity contribution in [3.05, 3.63) is 0 Å². The van der Waals surface area contributed by atoms with Crippen molar-refractivity contribution in [1.29, 1.82) is 0 Å². The highest BCUT2D eigenvalue weighted by Gasteiger charge is 2.37. The van der Waals surface area contributed by atoms with Crippen LogP contribution in [0.1, 0.15) is 20.8 Å². The first-order valence-electron chi connectivity index (χ1n) is 7.88. The van der Waals surface area contributed by atoms with Crippen molar-refractivity contribution in [1.82, 2.24) is 0 Å². The Labute approximate surface area is 240 Å². The number of phosphoric acid groups is 1. The molecule has 0 heterocycles. The van der Waals surface area contributed by atoms with Crippen molar-refractivity contribution in [3.8, 4) is 0 Å². The second kappa shape index (κ2) is 14.6. The minimum Gasteiger partial charge on any atom is -0.286 e. The molecule has 0 aromatic heterocycles. The maximum Gasteiger partial charge on any atom is 0.474 e. The Morgan fingerprint density at radius 1 is 0.577 bits per heavy atom. The van der Waals surface area contributed by atoms with Crippen LogP contribution in [0.5, 0.6) is 0 Å². The van der Waals surface area contributed by atoms with Gasteiger partial charge in [-0.3, -0.25) is 13.6 Å². The Kier molecular flexibility index (Phi) is 17.1. The SMILES string of the molecule is CC(CI)(CI)COP(=O)(OCC(C)(CI)CI)OCC(C)(CI)CI. The number of hydrogen-bond acceptors (Lipinski definition) is 4. The second-order valence-electron chi connectivity index (χ2n) is 7.50. The lowest BCUT2D eigenvalue weighted by Gasteiger charge is -2.32. The number of alkyl halides is 6. The maximum absolute atomic E-state index is 13.4. The molecule has 0 amide bonds. The number of rotatable bonds is 15. The normalized spacial score (nSPS) is 14.0. The van der Waals surface area contributed by atoms with Crippen molar-refractivity contribution in [2.24, 2.45) is 16.2 Å². The first-order valence-corrected chi connectivity index (χ1v) is 18.5. The topological polar surface area (TPSA) is 44.8 Å². The van der Waals surface area contributed by atoms with Gasteiger partial charge in [0.05, 0.1) is 19.8 Å². The highest BCUT2D eigenvalue weighted by atomic mass is 127. The number of phosphoric ester groups is 1. The van der Waals surface area contributed by atoms with Crippen LogP contribution in [0.15, 0.2) is 0 Å². The van der Waals surface area contributed by atoms with Gasteiger partial charge in [-0.25, -0.2) is 4.57 Å². The third-order valence-electron chi connectivity index (χ3n) is 3.65. The maximum atomic E-state index is 13.4. The quantitative estimate of drug-likeness (QED) is 0.0957. The summed E-state index contributed by atoms with van der Waals surface area (Å²) < 4.78 is 36.4. The standard InChI is InChI=1S/C15H27I6O4P/c1-13(4-16,5-17)10-23-26(22,24-11-14(2,6-18)7-19)25-12-15(3,8-20)9-21/h4-12H2,1-3H3. The van der Waals surface area contributed by atoms with Gasteiger partial charge < -0.3 is 0 Å². The highest BCUT2D eigenvalue weighted by Crippen LogP contribution is 2.53. The molecule has 26 heavy (non-hydrogen) atoms. The lowest BCUT2D eigenvalue weighted by Crippen LogP contribution is -2.30. The molecule has 0 aliphatic rings. The van der Waals surface area contributed by atoms with E-state index in [2.05, 4.69) is 156 Å². The fourth-order valence-electron chi connectivity index (χ4n) is 1.16. The van der Waals surface area contributed by atoms with E-state index in [1.165, 1.54) is 0 Å². The minimum atomic E-state index is -3.61. The van der Waals surface area contributed by atoms with Crippen molar-refractivity contribution in [2.45, 2.75) is 20.8 Å². The smallest absolute Gasteiger partial charge is 0.286 e. The lowest BCUT2D eigenvalue weighted by molar-refractivity contribution is 0.0569. The van der Waals surface area contributed by atoms with Gasteiger partial charge in [0.25, 0.3) is 0 Å². The van der Waals surface area contributed by atoms with E-state index in [1.807, 2.05) is 0 Å². The van der Waals surface area contributed by atoms with E-state index >= 15 is 0 Å². The van der Waals surface area contributed by atoms with Crippen LogP contribution in [0.2, 0.25) is 0 Å². The van der Waals surface area contributed by atoms with E-state index in [0.29, 0.717) is 19.8 Å². The monoisotopic (exact) mass is 1060 g/mol. The molecular weight excluding hydrogens is 1040 g/mol. The second-order valence-corrected chi connectivity index (χ2v) is 13.7. The zero-order valence-corrected chi connectivity index (χ0v) is 29.1. The zero-order chi connectivity index (χ0) is 20.5. The summed E-state index contributed by atoms with van der Waals surface area (Å²) in [6.45, 7) is 7.51. The molecule has 0 fully saturated rings. The fraction of sp³-hybridized carbons (Fsp3) is 1.00. The van der Waals surface area contributed by atoms with Crippen LogP contribution in [-0.4, -0.2) is 46.4 Å². The van der Waals surface area contributed by atoms with E-state index in [1.54, 1.807) is 0 Å². The molecule has 0 radical (unpaired) electrons. The van der Waals surface area contributed by atoms with Crippen molar-refractivity contribution < 1.29 is 18.1 Å². The van der Waals surface area contributed by atoms with Crippen molar-refractivity contribution in [3.63, 3.8) is 0 Å². The third-order valence-corrected chi connectivity index (χ3v) is 16.0. The van der Waals surface area contributed by atoms with E-state index in [0.717, 1.165) is 26.6 Å². The summed E-state index contributed by atoms with van der Waals surface area (Å²) in [6, 6.07) is 0. The van der Waals surface area contributed by atoms with E-state index in [-0.39, 0.29) is 16.2 Å². The molecule has 0 aromatic carbocycles. The summed E-state index contributed by atoms with van der Waals surface area (Å²) in [6.07, 6.45) is 0. The van der Waals surface area contributed by atoms with Gasteiger partial charge in [0.2, 0.25) is 0 Å². The molecule has 11 heteroatoms. The molecule has 158 valence electrons. The summed E-state index contributed by atoms with van der Waals surface area (Å²) in [5.74, 6) is 0. The Morgan fingerprint density at radius 3 is 0.923 bits per heavy atom. The molecule has 0 unspecified atom stereocenters. The predicted molar refractivity (Wildman–Crippen MR) is 163 cm³/mol. The van der Waals surface area contributed by atoms with Crippen LogP contribution in [0.3, 0.4) is 0 Å². The summed E-state index contributed by atoms with van der Waals surface area (Å²) in [5, 5.41) is 0. The van der Waals surface area contributed by atoms with Crippen molar-refractivity contribution >= 4 is 143 Å². The molecule has 0 aliphatic carbocycles. The van der Waals surface area contributed by atoms with Crippen LogP contribution < -0.4 is 0 Å². The molecule has 0 rings (SSSR count). The Bertz CT molecular complexity index is 380. The number of hydrogen-bond donors (Lipinski definition) is 0. The summed E-state index contributed by atoms with van der Waals surface area (Å²) >= 11 is 14.1. The first-order chi connectivity index (χ1) is 12.0. The third kappa shape index (κ3) is 11.4. The molecule has 0 saturated heterocycles. The van der Waals surface area contributed by atoms with Crippen LogP contribution in [-0.2, 0) is 18.1 Å². The van der Waals surface area contributed by atoms with Gasteiger partial charge in [-0.05, 0) is 0 Å². The van der Waals surface area contributed by atoms with Crippen LogP contribution in [0.25, 0.3) is 0 Å². The van der Waals surface area contributed by atoms with E-state index < -0.39 is 7.82 Å². The molecule has 0 spiro atoms. The summed E-state index contributed by atoms with van der Waals surface area (Å²) in [7, 11) is -3.61. The molecule has 0 atom stereocenters.